The van der Waals surface area contributed by atoms with Crippen molar-refractivity contribution in [3.05, 3.63) is 82.5 Å². The molecule has 0 saturated heterocycles. The first kappa shape index (κ1) is 24.8. The van der Waals surface area contributed by atoms with Gasteiger partial charge in [-0.2, -0.15) is 0 Å². The Morgan fingerprint density at radius 1 is 0.789 bits per heavy atom. The lowest BCUT2D eigenvalue weighted by molar-refractivity contribution is 0.587. The van der Waals surface area contributed by atoms with E-state index in [9.17, 15) is 0 Å². The van der Waals surface area contributed by atoms with E-state index >= 15 is 0 Å². The van der Waals surface area contributed by atoms with Crippen LogP contribution in [0, 0.1) is 13.8 Å². The van der Waals surface area contributed by atoms with Crippen molar-refractivity contribution in [1.82, 2.24) is 9.97 Å². The monoisotopic (exact) mass is 518 g/mol. The lowest BCUT2D eigenvalue weighted by Gasteiger charge is -2.25. The van der Waals surface area contributed by atoms with Gasteiger partial charge >= 0.3 is 0 Å². The van der Waals surface area contributed by atoms with Crippen molar-refractivity contribution < 1.29 is 4.42 Å². The van der Waals surface area contributed by atoms with Gasteiger partial charge in [0, 0.05) is 33.5 Å². The summed E-state index contributed by atoms with van der Waals surface area (Å²) in [7, 11) is 0. The number of hydrogen-bond acceptors (Lipinski definition) is 4. The normalized spacial score (nSPS) is 12.7. The van der Waals surface area contributed by atoms with Gasteiger partial charge in [-0.1, -0.05) is 71.9 Å². The van der Waals surface area contributed by atoms with E-state index < -0.39 is 0 Å². The van der Waals surface area contributed by atoms with Crippen LogP contribution in [0.5, 0.6) is 0 Å². The number of rotatable bonds is 2. The first-order valence-corrected chi connectivity index (χ1v) is 14.1. The van der Waals surface area contributed by atoms with Crippen LogP contribution >= 0.6 is 11.3 Å². The predicted octanol–water partition coefficient (Wildman–Crippen LogP) is 10.1. The van der Waals surface area contributed by atoms with Crippen LogP contribution in [0.1, 0.15) is 63.2 Å². The lowest BCUT2D eigenvalue weighted by Crippen LogP contribution is -2.14. The van der Waals surface area contributed by atoms with Crippen LogP contribution in [0.25, 0.3) is 54.5 Å². The zero-order chi connectivity index (χ0) is 27.0. The fraction of sp³-hybridized carbons (Fsp3) is 0.294. The molecule has 3 aromatic heterocycles. The Kier molecular flexibility index (Phi) is 5.55. The van der Waals surface area contributed by atoms with Crippen LogP contribution in [-0.2, 0) is 10.8 Å². The van der Waals surface area contributed by atoms with Crippen LogP contribution in [0.3, 0.4) is 0 Å². The van der Waals surface area contributed by atoms with Crippen molar-refractivity contribution in [3.8, 4) is 22.4 Å². The number of aromatic nitrogens is 2. The average Bonchev–Trinajstić information content (AvgIpc) is 3.45. The number of aryl methyl sites for hydroxylation is 2. The predicted molar refractivity (Wildman–Crippen MR) is 162 cm³/mol. The Hall–Kier alpha value is -3.50. The highest BCUT2D eigenvalue weighted by molar-refractivity contribution is 7.19. The molecule has 0 radical (unpaired) electrons. The maximum Gasteiger partial charge on any atom is 0.144 e. The summed E-state index contributed by atoms with van der Waals surface area (Å²) in [5.74, 6) is 0. The summed E-state index contributed by atoms with van der Waals surface area (Å²) in [6, 6.07) is 19.3. The second-order valence-electron chi connectivity index (χ2n) is 12.5. The van der Waals surface area contributed by atoms with Gasteiger partial charge < -0.3 is 4.42 Å². The molecule has 0 bridgehead atoms. The quantitative estimate of drug-likeness (QED) is 0.229. The highest BCUT2D eigenvalue weighted by Gasteiger charge is 2.25. The molecule has 0 aliphatic carbocycles. The lowest BCUT2D eigenvalue weighted by atomic mass is 9.80. The first-order chi connectivity index (χ1) is 17.9. The number of fused-ring (bicyclic) bond motifs is 5. The van der Waals surface area contributed by atoms with E-state index in [1.807, 2.05) is 0 Å². The van der Waals surface area contributed by atoms with E-state index in [0.717, 1.165) is 43.7 Å². The Morgan fingerprint density at radius 3 is 2.18 bits per heavy atom. The highest BCUT2D eigenvalue weighted by atomic mass is 32.1. The molecule has 6 aromatic rings. The van der Waals surface area contributed by atoms with Crippen molar-refractivity contribution in [2.45, 2.75) is 66.2 Å². The molecule has 0 saturated carbocycles. The number of hydrogen-bond donors (Lipinski definition) is 0. The molecule has 38 heavy (non-hydrogen) atoms. The second kappa shape index (κ2) is 8.51. The molecule has 3 aromatic carbocycles. The van der Waals surface area contributed by atoms with Crippen LogP contribution in [0.4, 0.5) is 0 Å². The van der Waals surface area contributed by atoms with E-state index in [-0.39, 0.29) is 10.8 Å². The molecular formula is C34H34N2OS. The molecule has 0 N–H and O–H groups in total. The standard InChI is InChI=1S/C34H34N2OS/c1-19-11-9-12-20(2)28(19)23-18-35-26(17-24(23)33(3,4)5)21-13-10-14-22-29-27(37-30(21)22)16-15-25-31(29)38-32(36-25)34(6,7)8/h9-18H,1-8H3. The minimum Gasteiger partial charge on any atom is -0.455 e. The number of thiazole rings is 1. The highest BCUT2D eigenvalue weighted by Crippen LogP contribution is 2.43. The van der Waals surface area contributed by atoms with Crippen molar-refractivity contribution in [2.24, 2.45) is 0 Å². The van der Waals surface area contributed by atoms with Gasteiger partial charge in [-0.15, -0.1) is 11.3 Å². The van der Waals surface area contributed by atoms with Crippen molar-refractivity contribution in [1.29, 1.82) is 0 Å². The molecule has 0 amide bonds. The Morgan fingerprint density at radius 2 is 1.50 bits per heavy atom. The van der Waals surface area contributed by atoms with Crippen LogP contribution < -0.4 is 0 Å². The Balaban J connectivity index is 1.60. The SMILES string of the molecule is Cc1cccc(C)c1-c1cnc(-c2cccc3c2oc2ccc4nc(C(C)(C)C)sc4c23)cc1C(C)(C)C. The zero-order valence-corrected chi connectivity index (χ0v) is 24.3. The summed E-state index contributed by atoms with van der Waals surface area (Å²) in [5.41, 5.74) is 11.0. The summed E-state index contributed by atoms with van der Waals surface area (Å²) in [5, 5.41) is 3.41. The van der Waals surface area contributed by atoms with Gasteiger partial charge in [0.2, 0.25) is 0 Å². The smallest absolute Gasteiger partial charge is 0.144 e. The third kappa shape index (κ3) is 3.94. The van der Waals surface area contributed by atoms with Crippen molar-refractivity contribution in [3.63, 3.8) is 0 Å². The second-order valence-corrected chi connectivity index (χ2v) is 13.5. The molecule has 0 spiro atoms. The van der Waals surface area contributed by atoms with Gasteiger partial charge in [-0.25, -0.2) is 4.98 Å². The minimum absolute atomic E-state index is 0.00515. The topological polar surface area (TPSA) is 38.9 Å². The number of furan rings is 1. The van der Waals surface area contributed by atoms with E-state index in [1.54, 1.807) is 11.3 Å². The van der Waals surface area contributed by atoms with Gasteiger partial charge in [0.25, 0.3) is 0 Å². The van der Waals surface area contributed by atoms with Crippen LogP contribution in [0.2, 0.25) is 0 Å². The van der Waals surface area contributed by atoms with Gasteiger partial charge in [-0.3, -0.25) is 4.98 Å². The number of pyridine rings is 1. The summed E-state index contributed by atoms with van der Waals surface area (Å²) < 4.78 is 7.75. The van der Waals surface area contributed by atoms with Crippen molar-refractivity contribution >= 4 is 43.5 Å². The largest absolute Gasteiger partial charge is 0.455 e. The molecular weight excluding hydrogens is 484 g/mol. The van der Waals surface area contributed by atoms with Crippen LogP contribution in [0.15, 0.2) is 65.2 Å². The van der Waals surface area contributed by atoms with E-state index in [4.69, 9.17) is 14.4 Å². The zero-order valence-electron chi connectivity index (χ0n) is 23.5. The maximum atomic E-state index is 6.56. The van der Waals surface area contributed by atoms with Gasteiger partial charge in [0.1, 0.15) is 11.2 Å². The fourth-order valence-electron chi connectivity index (χ4n) is 5.45. The third-order valence-electron chi connectivity index (χ3n) is 7.40. The van der Waals surface area contributed by atoms with Gasteiger partial charge in [0.05, 0.1) is 20.9 Å². The molecule has 0 aliphatic heterocycles. The number of para-hydroxylation sites is 1. The van der Waals surface area contributed by atoms with E-state index in [1.165, 1.54) is 32.5 Å². The molecule has 6 rings (SSSR count). The molecule has 3 nitrogen and oxygen atoms in total. The van der Waals surface area contributed by atoms with Crippen LogP contribution in [-0.4, -0.2) is 9.97 Å². The fourth-order valence-corrected chi connectivity index (χ4v) is 6.63. The molecule has 0 unspecified atom stereocenters. The third-order valence-corrected chi connectivity index (χ3v) is 8.91. The van der Waals surface area contributed by atoms with Gasteiger partial charge in [-0.05, 0) is 65.8 Å². The number of benzene rings is 3. The molecule has 192 valence electrons. The van der Waals surface area contributed by atoms with Crippen molar-refractivity contribution in [2.75, 3.05) is 0 Å². The maximum absolute atomic E-state index is 6.56. The molecule has 4 heteroatoms. The van der Waals surface area contributed by atoms with E-state index in [0.29, 0.717) is 0 Å². The number of nitrogens with zero attached hydrogens (tertiary/aromatic N) is 2. The van der Waals surface area contributed by atoms with Gasteiger partial charge in [0.15, 0.2) is 0 Å². The molecule has 3 heterocycles. The Labute approximate surface area is 228 Å². The average molecular weight is 519 g/mol. The minimum atomic E-state index is -0.0539. The molecule has 0 fully saturated rings. The molecule has 0 aliphatic rings. The summed E-state index contributed by atoms with van der Waals surface area (Å²) in [4.78, 5) is 9.99. The summed E-state index contributed by atoms with van der Waals surface area (Å²) >= 11 is 1.78. The van der Waals surface area contributed by atoms with E-state index in [2.05, 4.69) is 116 Å². The Bertz CT molecular complexity index is 1840. The summed E-state index contributed by atoms with van der Waals surface area (Å²) in [6.07, 6.45) is 2.06. The first-order valence-electron chi connectivity index (χ1n) is 13.3. The molecule has 0 atom stereocenters. The summed E-state index contributed by atoms with van der Waals surface area (Å²) in [6.45, 7) is 17.8.